The van der Waals surface area contributed by atoms with Crippen molar-refractivity contribution < 1.29 is 9.59 Å². The summed E-state index contributed by atoms with van der Waals surface area (Å²) in [6, 6.07) is 0. The van der Waals surface area contributed by atoms with Crippen LogP contribution in [0.15, 0.2) is 0 Å². The van der Waals surface area contributed by atoms with Gasteiger partial charge in [-0.25, -0.2) is 0 Å². The van der Waals surface area contributed by atoms with Crippen molar-refractivity contribution in [3.63, 3.8) is 0 Å². The van der Waals surface area contributed by atoms with Gasteiger partial charge in [0, 0.05) is 26.9 Å². The number of hydrogen-bond acceptors (Lipinski definition) is 2. The van der Waals surface area contributed by atoms with E-state index in [9.17, 15) is 9.59 Å². The van der Waals surface area contributed by atoms with Crippen LogP contribution in [0.25, 0.3) is 0 Å². The molecular weight excluding hydrogens is 156 g/mol. The molecule has 0 atom stereocenters. The number of hydrogen-bond donors (Lipinski definition) is 2. The molecule has 0 saturated carbocycles. The van der Waals surface area contributed by atoms with Crippen LogP contribution in [0, 0.1) is 0 Å². The molecular formula is C8H18N2O2. The van der Waals surface area contributed by atoms with E-state index in [1.165, 1.54) is 0 Å². The molecule has 0 unspecified atom stereocenters. The Labute approximate surface area is 73.7 Å². The third kappa shape index (κ3) is 11.7. The summed E-state index contributed by atoms with van der Waals surface area (Å²) in [5.41, 5.74) is 0. The highest BCUT2D eigenvalue weighted by Gasteiger charge is 1.85. The van der Waals surface area contributed by atoms with E-state index in [0.29, 0.717) is 12.8 Å². The average Bonchev–Trinajstić information content (AvgIpc) is 2.16. The lowest BCUT2D eigenvalue weighted by Crippen LogP contribution is -2.15. The van der Waals surface area contributed by atoms with E-state index in [0.717, 1.165) is 0 Å². The van der Waals surface area contributed by atoms with E-state index < -0.39 is 0 Å². The SMILES string of the molecule is CCC(=O)NC.CCC(=O)NC. The molecule has 2 N–H and O–H groups in total. The van der Waals surface area contributed by atoms with Gasteiger partial charge >= 0.3 is 0 Å². The maximum Gasteiger partial charge on any atom is 0.219 e. The Bertz CT molecular complexity index is 107. The summed E-state index contributed by atoms with van der Waals surface area (Å²) >= 11 is 0. The standard InChI is InChI=1S/2C4H9NO/c2*1-3-4(6)5-2/h2*3H2,1-2H3,(H,5,6). The lowest BCUT2D eigenvalue weighted by molar-refractivity contribution is -0.121. The van der Waals surface area contributed by atoms with Crippen molar-refractivity contribution in [2.24, 2.45) is 0 Å². The Morgan fingerprint density at radius 2 is 1.17 bits per heavy atom. The smallest absolute Gasteiger partial charge is 0.219 e. The number of carbonyl (C=O) groups excluding carboxylic acids is 2. The topological polar surface area (TPSA) is 58.2 Å². The molecule has 0 aromatic heterocycles. The molecule has 0 aliphatic carbocycles. The molecule has 0 aromatic rings. The van der Waals surface area contributed by atoms with Crippen molar-refractivity contribution in [3.05, 3.63) is 0 Å². The zero-order chi connectivity index (χ0) is 9.98. The maximum atomic E-state index is 10.1. The Hall–Kier alpha value is -1.06. The van der Waals surface area contributed by atoms with Gasteiger partial charge in [-0.15, -0.1) is 0 Å². The molecule has 72 valence electrons. The van der Waals surface area contributed by atoms with Gasteiger partial charge in [-0.2, -0.15) is 0 Å². The molecule has 4 nitrogen and oxygen atoms in total. The van der Waals surface area contributed by atoms with Gasteiger partial charge in [0.25, 0.3) is 0 Å². The second kappa shape index (κ2) is 9.94. The third-order valence-corrected chi connectivity index (χ3v) is 1.20. The van der Waals surface area contributed by atoms with Crippen molar-refractivity contribution in [1.82, 2.24) is 10.6 Å². The summed E-state index contributed by atoms with van der Waals surface area (Å²) in [5, 5.41) is 4.95. The van der Waals surface area contributed by atoms with Gasteiger partial charge in [0.15, 0.2) is 0 Å². The molecule has 2 amide bonds. The number of carbonyl (C=O) groups is 2. The van der Waals surface area contributed by atoms with Gasteiger partial charge < -0.3 is 10.6 Å². The van der Waals surface area contributed by atoms with Crippen molar-refractivity contribution >= 4 is 11.8 Å². The maximum absolute atomic E-state index is 10.1. The van der Waals surface area contributed by atoms with Crippen LogP contribution in [0.2, 0.25) is 0 Å². The monoisotopic (exact) mass is 174 g/mol. The van der Waals surface area contributed by atoms with E-state index in [-0.39, 0.29) is 11.8 Å². The molecule has 0 aliphatic rings. The van der Waals surface area contributed by atoms with Crippen molar-refractivity contribution in [2.45, 2.75) is 26.7 Å². The van der Waals surface area contributed by atoms with E-state index in [1.807, 2.05) is 13.8 Å². The fourth-order valence-corrected chi connectivity index (χ4v) is 0.354. The van der Waals surface area contributed by atoms with Gasteiger partial charge in [-0.3, -0.25) is 9.59 Å². The lowest BCUT2D eigenvalue weighted by Gasteiger charge is -1.87. The summed E-state index contributed by atoms with van der Waals surface area (Å²) in [6.07, 6.45) is 1.16. The zero-order valence-corrected chi connectivity index (χ0v) is 8.23. The van der Waals surface area contributed by atoms with Crippen LogP contribution < -0.4 is 10.6 Å². The second-order valence-electron chi connectivity index (χ2n) is 2.05. The van der Waals surface area contributed by atoms with Gasteiger partial charge in [0.1, 0.15) is 0 Å². The Kier molecular flexibility index (Phi) is 11.2. The van der Waals surface area contributed by atoms with Crippen molar-refractivity contribution in [1.29, 1.82) is 0 Å². The van der Waals surface area contributed by atoms with Gasteiger partial charge in [-0.05, 0) is 0 Å². The Morgan fingerprint density at radius 3 is 1.17 bits per heavy atom. The second-order valence-corrected chi connectivity index (χ2v) is 2.05. The molecule has 0 fully saturated rings. The van der Waals surface area contributed by atoms with E-state index >= 15 is 0 Å². The van der Waals surface area contributed by atoms with Gasteiger partial charge in [-0.1, -0.05) is 13.8 Å². The van der Waals surface area contributed by atoms with Gasteiger partial charge in [0.2, 0.25) is 11.8 Å². The average molecular weight is 174 g/mol. The van der Waals surface area contributed by atoms with Gasteiger partial charge in [0.05, 0.1) is 0 Å². The largest absolute Gasteiger partial charge is 0.359 e. The normalized spacial score (nSPS) is 7.67. The highest BCUT2D eigenvalue weighted by Crippen LogP contribution is 1.68. The quantitative estimate of drug-likeness (QED) is 0.632. The summed E-state index contributed by atoms with van der Waals surface area (Å²) in [4.78, 5) is 20.1. The number of rotatable bonds is 2. The summed E-state index contributed by atoms with van der Waals surface area (Å²) < 4.78 is 0. The fraction of sp³-hybridized carbons (Fsp3) is 0.750. The predicted molar refractivity (Wildman–Crippen MR) is 48.7 cm³/mol. The van der Waals surface area contributed by atoms with Crippen LogP contribution in [0.4, 0.5) is 0 Å². The lowest BCUT2D eigenvalue weighted by atomic mass is 10.5. The van der Waals surface area contributed by atoms with Crippen LogP contribution in [0.1, 0.15) is 26.7 Å². The molecule has 12 heavy (non-hydrogen) atoms. The molecule has 0 aromatic carbocycles. The molecule has 0 aliphatic heterocycles. The first-order valence-electron chi connectivity index (χ1n) is 4.03. The first kappa shape index (κ1) is 13.5. The molecule has 0 spiro atoms. The minimum atomic E-state index is 0.0926. The predicted octanol–water partition coefficient (Wildman–Crippen LogP) is 0.285. The van der Waals surface area contributed by atoms with Crippen LogP contribution in [-0.4, -0.2) is 25.9 Å². The third-order valence-electron chi connectivity index (χ3n) is 1.20. The van der Waals surface area contributed by atoms with Crippen LogP contribution >= 0.6 is 0 Å². The van der Waals surface area contributed by atoms with Crippen LogP contribution in [-0.2, 0) is 9.59 Å². The summed E-state index contributed by atoms with van der Waals surface area (Å²) in [6.45, 7) is 3.64. The summed E-state index contributed by atoms with van der Waals surface area (Å²) in [5.74, 6) is 0.185. The van der Waals surface area contributed by atoms with Crippen LogP contribution in [0.5, 0.6) is 0 Å². The molecule has 0 radical (unpaired) electrons. The fourth-order valence-electron chi connectivity index (χ4n) is 0.354. The highest BCUT2D eigenvalue weighted by molar-refractivity contribution is 5.75. The van der Waals surface area contributed by atoms with Crippen molar-refractivity contribution in [3.8, 4) is 0 Å². The molecule has 0 heterocycles. The van der Waals surface area contributed by atoms with Crippen LogP contribution in [0.3, 0.4) is 0 Å². The molecule has 0 rings (SSSR count). The first-order valence-corrected chi connectivity index (χ1v) is 4.03. The van der Waals surface area contributed by atoms with E-state index in [4.69, 9.17) is 0 Å². The van der Waals surface area contributed by atoms with E-state index in [1.54, 1.807) is 14.1 Å². The Morgan fingerprint density at radius 1 is 0.917 bits per heavy atom. The number of nitrogens with one attached hydrogen (secondary N) is 2. The van der Waals surface area contributed by atoms with Crippen molar-refractivity contribution in [2.75, 3.05) is 14.1 Å². The highest BCUT2D eigenvalue weighted by atomic mass is 16.2. The molecule has 0 bridgehead atoms. The Balaban J connectivity index is 0. The zero-order valence-electron chi connectivity index (χ0n) is 8.23. The number of amides is 2. The minimum absolute atomic E-state index is 0.0926. The molecule has 0 saturated heterocycles. The first-order chi connectivity index (χ1) is 5.62. The molecule has 4 heteroatoms. The van der Waals surface area contributed by atoms with E-state index in [2.05, 4.69) is 10.6 Å². The minimum Gasteiger partial charge on any atom is -0.359 e. The summed E-state index contributed by atoms with van der Waals surface area (Å²) in [7, 11) is 3.26.